The lowest BCUT2D eigenvalue weighted by atomic mass is 9.87. The smallest absolute Gasteiger partial charge is 0.249 e. The number of carbonyl (C=O) groups excluding carboxylic acids is 1. The monoisotopic (exact) mass is 473 g/mol. The van der Waals surface area contributed by atoms with Crippen LogP contribution in [0.2, 0.25) is 0 Å². The maximum Gasteiger partial charge on any atom is 0.249 e. The number of pyridine rings is 2. The predicted octanol–water partition coefficient (Wildman–Crippen LogP) is 3.49. The first-order chi connectivity index (χ1) is 16.8. The summed E-state index contributed by atoms with van der Waals surface area (Å²) in [5.74, 6) is 0.773. The third-order valence-electron chi connectivity index (χ3n) is 6.84. The zero-order valence-electron chi connectivity index (χ0n) is 20.4. The summed E-state index contributed by atoms with van der Waals surface area (Å²) >= 11 is 0. The fourth-order valence-corrected chi connectivity index (χ4v) is 4.77. The number of hydrogen-bond acceptors (Lipinski definition) is 7. The molecule has 5 rings (SSSR count). The third-order valence-corrected chi connectivity index (χ3v) is 6.84. The van der Waals surface area contributed by atoms with Crippen LogP contribution in [0, 0.1) is 0 Å². The summed E-state index contributed by atoms with van der Waals surface area (Å²) in [5, 5.41) is 12.3. The molecule has 0 spiro atoms. The Bertz CT molecular complexity index is 1220. The van der Waals surface area contributed by atoms with Gasteiger partial charge < -0.3 is 14.7 Å². The van der Waals surface area contributed by atoms with Crippen molar-refractivity contribution in [3.63, 3.8) is 0 Å². The van der Waals surface area contributed by atoms with Crippen molar-refractivity contribution in [1.29, 1.82) is 0 Å². The van der Waals surface area contributed by atoms with E-state index in [4.69, 9.17) is 4.74 Å². The van der Waals surface area contributed by atoms with Crippen LogP contribution in [0.1, 0.15) is 38.3 Å². The molecule has 2 aromatic heterocycles. The topological polar surface area (TPSA) is 90.8 Å². The van der Waals surface area contributed by atoms with Gasteiger partial charge in [0.2, 0.25) is 5.91 Å². The number of rotatable bonds is 5. The Labute approximate surface area is 205 Å². The number of nitrogens with zero attached hydrogens (tertiary/aromatic N) is 4. The lowest BCUT2D eigenvalue weighted by Crippen LogP contribution is -2.57. The molecule has 1 unspecified atom stereocenters. The lowest BCUT2D eigenvalue weighted by molar-refractivity contribution is -0.143. The zero-order valence-corrected chi connectivity index (χ0v) is 20.4. The molecular formula is C27H31N5O3. The van der Waals surface area contributed by atoms with Crippen molar-refractivity contribution in [1.82, 2.24) is 20.3 Å². The highest BCUT2D eigenvalue weighted by atomic mass is 16.5. The van der Waals surface area contributed by atoms with E-state index >= 15 is 0 Å². The molecular weight excluding hydrogens is 442 g/mol. The van der Waals surface area contributed by atoms with E-state index in [0.717, 1.165) is 33.9 Å². The van der Waals surface area contributed by atoms with Gasteiger partial charge in [-0.25, -0.2) is 10.4 Å². The molecule has 2 N–H and O–H groups in total. The third kappa shape index (κ3) is 4.18. The van der Waals surface area contributed by atoms with Crippen molar-refractivity contribution in [2.45, 2.75) is 38.3 Å². The van der Waals surface area contributed by atoms with Crippen LogP contribution in [0.15, 0.2) is 60.9 Å². The number of anilines is 2. The molecule has 1 aromatic carbocycles. The minimum atomic E-state index is -0.941. The number of hydrogen-bond donors (Lipinski definition) is 2. The number of amides is 1. The van der Waals surface area contributed by atoms with Crippen molar-refractivity contribution in [2.24, 2.45) is 0 Å². The van der Waals surface area contributed by atoms with Crippen LogP contribution in [0.4, 0.5) is 11.5 Å². The summed E-state index contributed by atoms with van der Waals surface area (Å²) < 4.78 is 5.46. The Morgan fingerprint density at radius 1 is 1.11 bits per heavy atom. The minimum absolute atomic E-state index is 0.0457. The molecule has 0 aliphatic carbocycles. The van der Waals surface area contributed by atoms with E-state index < -0.39 is 11.1 Å². The highest BCUT2D eigenvalue weighted by Gasteiger charge is 2.50. The largest absolute Gasteiger partial charge is 0.386 e. The Hall–Kier alpha value is -3.33. The number of nitrogens with one attached hydrogen (secondary N) is 1. The molecule has 0 bridgehead atoms. The number of benzene rings is 1. The van der Waals surface area contributed by atoms with Crippen LogP contribution < -0.4 is 10.4 Å². The average molecular weight is 474 g/mol. The fraction of sp³-hybridized carbons (Fsp3) is 0.370. The Balaban J connectivity index is 1.47. The van der Waals surface area contributed by atoms with Gasteiger partial charge in [0.1, 0.15) is 5.54 Å². The van der Waals surface area contributed by atoms with Crippen LogP contribution in [0.5, 0.6) is 0 Å². The molecule has 8 heteroatoms. The van der Waals surface area contributed by atoms with Crippen LogP contribution in [-0.2, 0) is 20.7 Å². The van der Waals surface area contributed by atoms with E-state index in [2.05, 4.69) is 15.4 Å². The second-order valence-electron chi connectivity index (χ2n) is 9.52. The van der Waals surface area contributed by atoms with Gasteiger partial charge in [-0.15, -0.1) is 0 Å². The number of morpholine rings is 1. The van der Waals surface area contributed by atoms with Gasteiger partial charge in [0, 0.05) is 36.6 Å². The van der Waals surface area contributed by atoms with Crippen LogP contribution in [-0.4, -0.2) is 52.2 Å². The maximum absolute atomic E-state index is 13.8. The van der Waals surface area contributed by atoms with Crippen molar-refractivity contribution < 1.29 is 14.6 Å². The van der Waals surface area contributed by atoms with Gasteiger partial charge in [-0.1, -0.05) is 25.1 Å². The molecule has 2 aliphatic rings. The molecule has 1 fully saturated rings. The fourth-order valence-electron chi connectivity index (χ4n) is 4.77. The van der Waals surface area contributed by atoms with Crippen LogP contribution in [0.25, 0.3) is 11.3 Å². The standard InChI is InChI=1S/C27H31N5O3/c1-4-27(25(33)31-14-16-35-17-15-31)22-6-5-12-29-24(22)32(30-27)21-9-7-19(8-10-21)23-18-20(11-13-28-23)26(2,3)34/h5-13,18,30,34H,4,14-17H2,1-3H3. The average Bonchev–Trinajstić information content (AvgIpc) is 3.24. The number of aromatic nitrogens is 2. The molecule has 8 nitrogen and oxygen atoms in total. The molecule has 35 heavy (non-hydrogen) atoms. The van der Waals surface area contributed by atoms with E-state index in [0.29, 0.717) is 32.7 Å². The first-order valence-electron chi connectivity index (χ1n) is 12.0. The molecule has 0 saturated carbocycles. The van der Waals surface area contributed by atoms with E-state index in [-0.39, 0.29) is 5.91 Å². The minimum Gasteiger partial charge on any atom is -0.386 e. The van der Waals surface area contributed by atoms with Crippen molar-refractivity contribution in [3.8, 4) is 11.3 Å². The van der Waals surface area contributed by atoms with Crippen LogP contribution in [0.3, 0.4) is 0 Å². The predicted molar refractivity (Wildman–Crippen MR) is 134 cm³/mol. The van der Waals surface area contributed by atoms with Gasteiger partial charge in [0.15, 0.2) is 5.82 Å². The van der Waals surface area contributed by atoms with Crippen LogP contribution >= 0.6 is 0 Å². The molecule has 1 amide bonds. The van der Waals surface area contributed by atoms with Gasteiger partial charge in [0.25, 0.3) is 0 Å². The summed E-state index contributed by atoms with van der Waals surface area (Å²) in [6.07, 6.45) is 4.05. The Morgan fingerprint density at radius 2 is 1.86 bits per heavy atom. The quantitative estimate of drug-likeness (QED) is 0.586. The van der Waals surface area contributed by atoms with Gasteiger partial charge in [-0.05, 0) is 56.2 Å². The maximum atomic E-state index is 13.8. The van der Waals surface area contributed by atoms with E-state index in [1.807, 2.05) is 65.4 Å². The van der Waals surface area contributed by atoms with E-state index in [1.54, 1.807) is 26.2 Å². The first-order valence-corrected chi connectivity index (χ1v) is 12.0. The molecule has 1 saturated heterocycles. The number of carbonyl (C=O) groups is 1. The normalized spacial score (nSPS) is 20.1. The number of fused-ring (bicyclic) bond motifs is 1. The Morgan fingerprint density at radius 3 is 2.54 bits per heavy atom. The van der Waals surface area contributed by atoms with E-state index in [1.165, 1.54) is 0 Å². The summed E-state index contributed by atoms with van der Waals surface area (Å²) in [5.41, 5.74) is 5.96. The number of aliphatic hydroxyl groups is 1. The van der Waals surface area contributed by atoms with Crippen molar-refractivity contribution >= 4 is 17.4 Å². The molecule has 0 radical (unpaired) electrons. The molecule has 2 aliphatic heterocycles. The first kappa shape index (κ1) is 23.4. The van der Waals surface area contributed by atoms with Gasteiger partial charge in [-0.3, -0.25) is 14.8 Å². The second kappa shape index (κ2) is 9.03. The number of hydrazine groups is 1. The van der Waals surface area contributed by atoms with Gasteiger partial charge in [0.05, 0.1) is 30.2 Å². The van der Waals surface area contributed by atoms with Crippen molar-refractivity contribution in [3.05, 3.63) is 72.1 Å². The highest BCUT2D eigenvalue weighted by molar-refractivity contribution is 5.92. The molecule has 4 heterocycles. The summed E-state index contributed by atoms with van der Waals surface area (Å²) in [6.45, 7) is 7.83. The molecule has 182 valence electrons. The summed E-state index contributed by atoms with van der Waals surface area (Å²) in [7, 11) is 0. The SMILES string of the molecule is CCC1(C(=O)N2CCOCC2)NN(c2ccc(-c3cc(C(C)(C)O)ccn3)cc2)c2ncccc21. The zero-order chi connectivity index (χ0) is 24.6. The second-order valence-corrected chi connectivity index (χ2v) is 9.52. The highest BCUT2D eigenvalue weighted by Crippen LogP contribution is 2.43. The Kier molecular flexibility index (Phi) is 6.04. The number of ether oxygens (including phenoxy) is 1. The van der Waals surface area contributed by atoms with E-state index in [9.17, 15) is 9.90 Å². The molecule has 3 aromatic rings. The van der Waals surface area contributed by atoms with Gasteiger partial charge in [-0.2, -0.15) is 0 Å². The van der Waals surface area contributed by atoms with Gasteiger partial charge >= 0.3 is 0 Å². The summed E-state index contributed by atoms with van der Waals surface area (Å²) in [4.78, 5) is 24.8. The summed E-state index contributed by atoms with van der Waals surface area (Å²) in [6, 6.07) is 15.6. The lowest BCUT2D eigenvalue weighted by Gasteiger charge is -2.36. The molecule has 1 atom stereocenters. The van der Waals surface area contributed by atoms with Crippen molar-refractivity contribution in [2.75, 3.05) is 31.3 Å².